The van der Waals surface area contributed by atoms with Gasteiger partial charge in [0.2, 0.25) is 0 Å². The van der Waals surface area contributed by atoms with E-state index in [2.05, 4.69) is 0 Å². The normalized spacial score (nSPS) is 34.8. The van der Waals surface area contributed by atoms with Crippen LogP contribution in [-0.4, -0.2) is 63.9 Å². The van der Waals surface area contributed by atoms with Crippen LogP contribution in [0, 0.1) is 28.6 Å². The SMILES string of the molecule is CC1=C[C@@H]2C(=O)[C@]3(C=C(C)[C@H](OC(=O)c4ccccc4)[C@@]3(O)[C@@H]1O)[C@H](C)C[C@]1(OC(=O)Cc3ccccc3)[C@H]2C1(C)COC(=O)c1ccccc1. The predicted octanol–water partition coefficient (Wildman–Crippen LogP) is 5.45. The van der Waals surface area contributed by atoms with Crippen LogP contribution in [0.3, 0.4) is 0 Å². The van der Waals surface area contributed by atoms with E-state index in [0.717, 1.165) is 5.56 Å². The van der Waals surface area contributed by atoms with Crippen molar-refractivity contribution in [3.63, 3.8) is 0 Å². The number of carbonyl (C=O) groups excluding carboxylic acids is 4. The molecule has 0 aliphatic heterocycles. The lowest BCUT2D eigenvalue weighted by Gasteiger charge is -2.49. The maximum Gasteiger partial charge on any atom is 0.338 e. The molecule has 4 aliphatic rings. The van der Waals surface area contributed by atoms with E-state index in [9.17, 15) is 24.6 Å². The van der Waals surface area contributed by atoms with Crippen molar-refractivity contribution < 1.29 is 43.6 Å². The third kappa shape index (κ3) is 5.12. The van der Waals surface area contributed by atoms with Crippen LogP contribution in [0.25, 0.3) is 0 Å². The van der Waals surface area contributed by atoms with Crippen molar-refractivity contribution in [2.24, 2.45) is 28.6 Å². The molecule has 0 heterocycles. The van der Waals surface area contributed by atoms with E-state index in [1.165, 1.54) is 0 Å². The van der Waals surface area contributed by atoms with Crippen molar-refractivity contribution in [2.75, 3.05) is 6.61 Å². The molecular formula is C42H42O9. The highest BCUT2D eigenvalue weighted by molar-refractivity contribution is 5.96. The summed E-state index contributed by atoms with van der Waals surface area (Å²) in [4.78, 5) is 55.6. The number of aliphatic hydroxyl groups is 2. The number of hydrogen-bond donors (Lipinski definition) is 2. The average molecular weight is 691 g/mol. The topological polar surface area (TPSA) is 136 Å². The van der Waals surface area contributed by atoms with Crippen LogP contribution in [0.15, 0.2) is 114 Å². The van der Waals surface area contributed by atoms with Gasteiger partial charge in [-0.05, 0) is 67.2 Å². The number of rotatable bonds is 8. The third-order valence-corrected chi connectivity index (χ3v) is 12.0. The van der Waals surface area contributed by atoms with Gasteiger partial charge >= 0.3 is 17.9 Å². The minimum atomic E-state index is -2.27. The number of hydrogen-bond acceptors (Lipinski definition) is 9. The minimum Gasteiger partial charge on any atom is -0.461 e. The summed E-state index contributed by atoms with van der Waals surface area (Å²) >= 11 is 0. The summed E-state index contributed by atoms with van der Waals surface area (Å²) < 4.78 is 18.4. The summed E-state index contributed by atoms with van der Waals surface area (Å²) in [6.07, 6.45) is 0.467. The van der Waals surface area contributed by atoms with E-state index in [4.69, 9.17) is 14.2 Å². The Labute approximate surface area is 296 Å². The lowest BCUT2D eigenvalue weighted by atomic mass is 9.59. The van der Waals surface area contributed by atoms with Gasteiger partial charge in [-0.25, -0.2) is 9.59 Å². The molecule has 0 amide bonds. The Bertz CT molecular complexity index is 1940. The summed E-state index contributed by atoms with van der Waals surface area (Å²) in [6, 6.07) is 26.1. The molecule has 0 saturated heterocycles. The highest BCUT2D eigenvalue weighted by atomic mass is 16.6. The second-order valence-electron chi connectivity index (χ2n) is 14.9. The Morgan fingerprint density at radius 3 is 2.02 bits per heavy atom. The predicted molar refractivity (Wildman–Crippen MR) is 186 cm³/mol. The molecule has 1 spiro atoms. The molecule has 0 aromatic heterocycles. The average Bonchev–Trinajstić information content (AvgIpc) is 3.57. The van der Waals surface area contributed by atoms with Gasteiger partial charge in [0.1, 0.15) is 18.3 Å². The lowest BCUT2D eigenvalue weighted by molar-refractivity contribution is -0.191. The van der Waals surface area contributed by atoms with Gasteiger partial charge in [0, 0.05) is 17.3 Å². The Morgan fingerprint density at radius 1 is 0.843 bits per heavy atom. The smallest absolute Gasteiger partial charge is 0.338 e. The van der Waals surface area contributed by atoms with Crippen molar-refractivity contribution in [2.45, 2.75) is 63.9 Å². The van der Waals surface area contributed by atoms with E-state index >= 15 is 4.79 Å². The van der Waals surface area contributed by atoms with Crippen LogP contribution in [0.1, 0.15) is 60.4 Å². The van der Waals surface area contributed by atoms with E-state index in [1.807, 2.05) is 37.3 Å². The quantitative estimate of drug-likeness (QED) is 0.180. The van der Waals surface area contributed by atoms with Gasteiger partial charge in [0.15, 0.2) is 17.5 Å². The van der Waals surface area contributed by atoms with Crippen LogP contribution >= 0.6 is 0 Å². The molecule has 2 fully saturated rings. The highest BCUT2D eigenvalue weighted by Gasteiger charge is 2.85. The molecule has 4 aliphatic carbocycles. The number of allylic oxidation sites excluding steroid dienone is 1. The van der Waals surface area contributed by atoms with Crippen LogP contribution in [0.5, 0.6) is 0 Å². The lowest BCUT2D eigenvalue weighted by Crippen LogP contribution is -2.65. The van der Waals surface area contributed by atoms with Crippen molar-refractivity contribution in [1.29, 1.82) is 0 Å². The molecule has 9 heteroatoms. The first-order valence-electron chi connectivity index (χ1n) is 17.4. The van der Waals surface area contributed by atoms with Crippen molar-refractivity contribution in [3.8, 4) is 0 Å². The standard InChI is InChI=1S/C42H42O9/c1-25-20-31-33-39(4,24-49-37(46)29-16-10-6-11-17-29)41(33,51-32(43)21-28-14-8-5-9-15-28)23-27(3)40(35(31)45)22-26(2)36(42(40,48)34(25)44)50-38(47)30-18-12-7-13-19-30/h5-20,22,27,31,33-34,36,44,48H,21,23-24H2,1-4H3/t27-,31+,33-,34-,36+,39?,40+,41+,42+/m1/s1. The van der Waals surface area contributed by atoms with Gasteiger partial charge in [-0.2, -0.15) is 0 Å². The Kier molecular flexibility index (Phi) is 8.42. The second kappa shape index (κ2) is 12.4. The van der Waals surface area contributed by atoms with E-state index < -0.39 is 69.9 Å². The number of ketones is 1. The zero-order chi connectivity index (χ0) is 36.3. The van der Waals surface area contributed by atoms with Crippen molar-refractivity contribution in [1.82, 2.24) is 0 Å². The molecule has 9 nitrogen and oxygen atoms in total. The fraction of sp³-hybridized carbons (Fsp3) is 0.381. The zero-order valence-electron chi connectivity index (χ0n) is 29.1. The number of Topliss-reactive ketones (excluding diaryl/α,β-unsaturated/α-hetero) is 1. The molecule has 7 rings (SSSR count). The van der Waals surface area contributed by atoms with Crippen molar-refractivity contribution in [3.05, 3.63) is 131 Å². The number of fused-ring (bicyclic) bond motifs is 3. The molecule has 2 N–H and O–H groups in total. The number of esters is 3. The molecule has 1 unspecified atom stereocenters. The summed E-state index contributed by atoms with van der Waals surface area (Å²) in [5.74, 6) is -4.47. The van der Waals surface area contributed by atoms with E-state index in [-0.39, 0.29) is 30.8 Å². The Hall–Kier alpha value is -4.86. The Morgan fingerprint density at radius 2 is 1.41 bits per heavy atom. The van der Waals surface area contributed by atoms with E-state index in [1.54, 1.807) is 93.6 Å². The van der Waals surface area contributed by atoms with Gasteiger partial charge in [-0.3, -0.25) is 9.59 Å². The molecule has 2 saturated carbocycles. The Balaban J connectivity index is 1.30. The van der Waals surface area contributed by atoms with Crippen LogP contribution in [-0.2, 0) is 30.2 Å². The molecular weight excluding hydrogens is 648 g/mol. The summed E-state index contributed by atoms with van der Waals surface area (Å²) in [6.45, 7) is 6.83. The zero-order valence-corrected chi connectivity index (χ0v) is 29.1. The monoisotopic (exact) mass is 690 g/mol. The molecule has 51 heavy (non-hydrogen) atoms. The van der Waals surface area contributed by atoms with Gasteiger partial charge in [0.05, 0.1) is 23.0 Å². The number of benzene rings is 3. The minimum absolute atomic E-state index is 0.0125. The summed E-state index contributed by atoms with van der Waals surface area (Å²) in [7, 11) is 0. The van der Waals surface area contributed by atoms with Crippen LogP contribution in [0.2, 0.25) is 0 Å². The van der Waals surface area contributed by atoms with Gasteiger partial charge in [-0.1, -0.05) is 92.7 Å². The number of ether oxygens (including phenoxy) is 3. The molecule has 2 bridgehead atoms. The molecule has 9 atom stereocenters. The van der Waals surface area contributed by atoms with Crippen LogP contribution < -0.4 is 0 Å². The highest BCUT2D eigenvalue weighted by Crippen LogP contribution is 2.75. The van der Waals surface area contributed by atoms with Crippen molar-refractivity contribution >= 4 is 23.7 Å². The van der Waals surface area contributed by atoms with Gasteiger partial charge in [-0.15, -0.1) is 0 Å². The van der Waals surface area contributed by atoms with Gasteiger partial charge < -0.3 is 24.4 Å². The number of aliphatic hydroxyl groups excluding tert-OH is 1. The first-order chi connectivity index (χ1) is 24.3. The molecule has 3 aromatic carbocycles. The van der Waals surface area contributed by atoms with E-state index in [0.29, 0.717) is 16.7 Å². The molecule has 264 valence electrons. The van der Waals surface area contributed by atoms with Gasteiger partial charge in [0.25, 0.3) is 0 Å². The fourth-order valence-corrected chi connectivity index (χ4v) is 9.52. The summed E-state index contributed by atoms with van der Waals surface area (Å²) in [5.41, 5.74) is -4.14. The molecule has 3 aromatic rings. The third-order valence-electron chi connectivity index (χ3n) is 12.0. The first-order valence-corrected chi connectivity index (χ1v) is 17.4. The second-order valence-corrected chi connectivity index (χ2v) is 14.9. The maximum absolute atomic E-state index is 15.3. The number of carbonyl (C=O) groups is 4. The molecule has 0 radical (unpaired) electrons. The van der Waals surface area contributed by atoms with Crippen LogP contribution in [0.4, 0.5) is 0 Å². The fourth-order valence-electron chi connectivity index (χ4n) is 9.52. The first kappa shape index (κ1) is 34.6. The summed E-state index contributed by atoms with van der Waals surface area (Å²) in [5, 5.41) is 24.9. The maximum atomic E-state index is 15.3. The largest absolute Gasteiger partial charge is 0.461 e.